The van der Waals surface area contributed by atoms with E-state index in [1.807, 2.05) is 37.9 Å². The molecule has 32 heavy (non-hydrogen) atoms. The van der Waals surface area contributed by atoms with E-state index in [1.54, 1.807) is 17.6 Å². The number of carbonyl (C=O) groups is 2. The molecular weight excluding hydrogens is 406 g/mol. The number of piperidine rings is 1. The van der Waals surface area contributed by atoms with Gasteiger partial charge in [-0.3, -0.25) is 0 Å². The van der Waals surface area contributed by atoms with Crippen LogP contribution in [0.25, 0.3) is 11.1 Å². The van der Waals surface area contributed by atoms with E-state index in [-0.39, 0.29) is 17.5 Å². The fourth-order valence-corrected chi connectivity index (χ4v) is 4.70. The Morgan fingerprint density at radius 3 is 2.56 bits per heavy atom. The summed E-state index contributed by atoms with van der Waals surface area (Å²) in [4.78, 5) is 26.5. The number of esters is 1. The van der Waals surface area contributed by atoms with Gasteiger partial charge in [-0.15, -0.1) is 0 Å². The molecule has 7 nitrogen and oxygen atoms in total. The van der Waals surface area contributed by atoms with Gasteiger partial charge in [0.1, 0.15) is 11.2 Å². The van der Waals surface area contributed by atoms with Gasteiger partial charge in [0.2, 0.25) is 0 Å². The second-order valence-corrected chi connectivity index (χ2v) is 9.92. The van der Waals surface area contributed by atoms with Crippen LogP contribution in [0.3, 0.4) is 0 Å². The highest BCUT2D eigenvalue weighted by Gasteiger charge is 2.38. The van der Waals surface area contributed by atoms with Crippen molar-refractivity contribution < 1.29 is 19.1 Å². The third kappa shape index (κ3) is 4.66. The molecule has 1 fully saturated rings. The van der Waals surface area contributed by atoms with E-state index in [4.69, 9.17) is 9.47 Å². The second-order valence-electron chi connectivity index (χ2n) is 9.92. The van der Waals surface area contributed by atoms with Gasteiger partial charge in [0.05, 0.1) is 18.3 Å². The van der Waals surface area contributed by atoms with Crippen LogP contribution in [0.1, 0.15) is 75.7 Å². The third-order valence-electron chi connectivity index (χ3n) is 6.57. The molecule has 1 saturated heterocycles. The monoisotopic (exact) mass is 439 g/mol. The first kappa shape index (κ1) is 22.4. The van der Waals surface area contributed by atoms with Crippen LogP contribution in [0.2, 0.25) is 0 Å². The molecule has 2 aromatic heterocycles. The quantitative estimate of drug-likeness (QED) is 0.623. The SMILES string of the molecule is CCOC(=O)c1cnn2ccc(C3=CCC4(CC3)CCN(C(=O)OC(C)(C)C)CC4)cc12. The van der Waals surface area contributed by atoms with E-state index < -0.39 is 5.60 Å². The number of hydrogen-bond acceptors (Lipinski definition) is 5. The molecule has 0 saturated carbocycles. The number of carbonyl (C=O) groups excluding carboxylic acids is 2. The summed E-state index contributed by atoms with van der Waals surface area (Å²) in [6, 6.07) is 4.10. The predicted molar refractivity (Wildman–Crippen MR) is 122 cm³/mol. The number of likely N-dealkylation sites (tertiary alicyclic amines) is 1. The van der Waals surface area contributed by atoms with E-state index >= 15 is 0 Å². The van der Waals surface area contributed by atoms with E-state index in [9.17, 15) is 9.59 Å². The molecule has 1 aliphatic carbocycles. The topological polar surface area (TPSA) is 73.1 Å². The number of aromatic nitrogens is 2. The zero-order chi connectivity index (χ0) is 22.9. The number of ether oxygens (including phenoxy) is 2. The number of fused-ring (bicyclic) bond motifs is 1. The van der Waals surface area contributed by atoms with Crippen LogP contribution < -0.4 is 0 Å². The molecule has 3 heterocycles. The standard InChI is InChI=1S/C25H33N3O4/c1-5-31-22(29)20-17-26-28-13-8-19(16-21(20)28)18-6-9-25(10-7-18)11-14-27(15-12-25)23(30)32-24(2,3)4/h6,8,13,16-17H,5,7,9-12,14-15H2,1-4H3. The molecule has 0 unspecified atom stereocenters. The average Bonchev–Trinajstić information content (AvgIpc) is 3.17. The summed E-state index contributed by atoms with van der Waals surface area (Å²) in [5.74, 6) is -0.340. The van der Waals surface area contributed by atoms with E-state index in [2.05, 4.69) is 17.2 Å². The number of rotatable bonds is 3. The van der Waals surface area contributed by atoms with Crippen molar-refractivity contribution in [2.45, 2.75) is 65.4 Å². The number of amides is 1. The largest absolute Gasteiger partial charge is 0.462 e. The van der Waals surface area contributed by atoms with Gasteiger partial charge in [-0.25, -0.2) is 14.1 Å². The minimum Gasteiger partial charge on any atom is -0.462 e. The fraction of sp³-hybridized carbons (Fsp3) is 0.560. The summed E-state index contributed by atoms with van der Waals surface area (Å²) >= 11 is 0. The Morgan fingerprint density at radius 1 is 1.19 bits per heavy atom. The molecule has 0 radical (unpaired) electrons. The van der Waals surface area contributed by atoms with Gasteiger partial charge in [-0.2, -0.15) is 5.10 Å². The highest BCUT2D eigenvalue weighted by Crippen LogP contribution is 2.46. The molecule has 1 aliphatic heterocycles. The lowest BCUT2D eigenvalue weighted by molar-refractivity contribution is 0.00894. The van der Waals surface area contributed by atoms with Crippen molar-refractivity contribution in [1.29, 1.82) is 0 Å². The van der Waals surface area contributed by atoms with Gasteiger partial charge in [0, 0.05) is 19.3 Å². The van der Waals surface area contributed by atoms with Gasteiger partial charge in [0.25, 0.3) is 0 Å². The number of hydrogen-bond donors (Lipinski definition) is 0. The smallest absolute Gasteiger partial charge is 0.410 e. The lowest BCUT2D eigenvalue weighted by Crippen LogP contribution is -2.45. The summed E-state index contributed by atoms with van der Waals surface area (Å²) in [7, 11) is 0. The van der Waals surface area contributed by atoms with Crippen LogP contribution in [-0.4, -0.2) is 51.9 Å². The number of pyridine rings is 1. The van der Waals surface area contributed by atoms with E-state index in [0.717, 1.165) is 56.3 Å². The van der Waals surface area contributed by atoms with Crippen molar-refractivity contribution in [3.8, 4) is 0 Å². The molecule has 0 atom stereocenters. The molecular formula is C25H33N3O4. The van der Waals surface area contributed by atoms with Gasteiger partial charge < -0.3 is 14.4 Å². The molecule has 0 bridgehead atoms. The van der Waals surface area contributed by atoms with Gasteiger partial charge >= 0.3 is 12.1 Å². The molecule has 7 heteroatoms. The number of allylic oxidation sites excluding steroid dienone is 2. The lowest BCUT2D eigenvalue weighted by Gasteiger charge is -2.43. The zero-order valence-corrected chi connectivity index (χ0v) is 19.5. The van der Waals surface area contributed by atoms with Crippen LogP contribution in [0.15, 0.2) is 30.6 Å². The van der Waals surface area contributed by atoms with E-state index in [0.29, 0.717) is 12.2 Å². The Balaban J connectivity index is 1.44. The molecule has 172 valence electrons. The molecule has 2 aliphatic rings. The summed E-state index contributed by atoms with van der Waals surface area (Å²) in [5.41, 5.74) is 3.51. The van der Waals surface area contributed by atoms with Crippen LogP contribution in [0.5, 0.6) is 0 Å². The molecule has 0 N–H and O–H groups in total. The highest BCUT2D eigenvalue weighted by molar-refractivity contribution is 5.97. The molecule has 1 amide bonds. The summed E-state index contributed by atoms with van der Waals surface area (Å²) < 4.78 is 12.4. The van der Waals surface area contributed by atoms with Crippen LogP contribution in [0, 0.1) is 5.41 Å². The van der Waals surface area contributed by atoms with Gasteiger partial charge in [-0.1, -0.05) is 6.08 Å². The van der Waals surface area contributed by atoms with Crippen molar-refractivity contribution in [3.05, 3.63) is 41.7 Å². The van der Waals surface area contributed by atoms with Crippen molar-refractivity contribution >= 4 is 23.2 Å². The Kier molecular flexibility index (Phi) is 6.01. The highest BCUT2D eigenvalue weighted by atomic mass is 16.6. The summed E-state index contributed by atoms with van der Waals surface area (Å²) in [6.07, 6.45) is 10.7. The van der Waals surface area contributed by atoms with Crippen molar-refractivity contribution in [3.63, 3.8) is 0 Å². The van der Waals surface area contributed by atoms with Crippen LogP contribution in [0.4, 0.5) is 4.79 Å². The maximum atomic E-state index is 12.4. The van der Waals surface area contributed by atoms with Crippen LogP contribution in [-0.2, 0) is 9.47 Å². The van der Waals surface area contributed by atoms with Gasteiger partial charge in [-0.05, 0) is 88.5 Å². The van der Waals surface area contributed by atoms with Crippen molar-refractivity contribution in [1.82, 2.24) is 14.5 Å². The first-order valence-corrected chi connectivity index (χ1v) is 11.5. The summed E-state index contributed by atoms with van der Waals surface area (Å²) in [5, 5.41) is 4.27. The molecule has 2 aromatic rings. The average molecular weight is 440 g/mol. The summed E-state index contributed by atoms with van der Waals surface area (Å²) in [6.45, 7) is 9.36. The maximum Gasteiger partial charge on any atom is 0.410 e. The molecule has 4 rings (SSSR count). The third-order valence-corrected chi connectivity index (χ3v) is 6.57. The van der Waals surface area contributed by atoms with Gasteiger partial charge in [0.15, 0.2) is 0 Å². The second kappa shape index (κ2) is 8.60. The maximum absolute atomic E-state index is 12.4. The Hall–Kier alpha value is -2.83. The first-order valence-electron chi connectivity index (χ1n) is 11.5. The Bertz CT molecular complexity index is 1040. The first-order chi connectivity index (χ1) is 15.2. The molecule has 1 spiro atoms. The molecule has 0 aromatic carbocycles. The minimum atomic E-state index is -0.460. The van der Waals surface area contributed by atoms with Crippen LogP contribution >= 0.6 is 0 Å². The predicted octanol–water partition coefficient (Wildman–Crippen LogP) is 5.10. The minimum absolute atomic E-state index is 0.203. The van der Waals surface area contributed by atoms with Crippen molar-refractivity contribution in [2.24, 2.45) is 5.41 Å². The van der Waals surface area contributed by atoms with Crippen molar-refractivity contribution in [2.75, 3.05) is 19.7 Å². The fourth-order valence-electron chi connectivity index (χ4n) is 4.70. The van der Waals surface area contributed by atoms with E-state index in [1.165, 1.54) is 5.57 Å². The Labute approximate surface area is 189 Å². The normalized spacial score (nSPS) is 18.5. The number of nitrogens with zero attached hydrogens (tertiary/aromatic N) is 3. The zero-order valence-electron chi connectivity index (χ0n) is 19.5. The Morgan fingerprint density at radius 2 is 1.94 bits per heavy atom. The lowest BCUT2D eigenvalue weighted by atomic mass is 9.68.